The zero-order valence-corrected chi connectivity index (χ0v) is 75.6. The Hall–Kier alpha value is 16.1. The average molecular weight is 1870 g/mol. The van der Waals surface area contributed by atoms with E-state index in [2.05, 4.69) is 70.1 Å². The molecule has 51 heavy (non-hydrogen) atoms. The van der Waals surface area contributed by atoms with Crippen molar-refractivity contribution in [1.82, 2.24) is 0 Å². The van der Waals surface area contributed by atoms with Crippen molar-refractivity contribution in [3.63, 3.8) is 0 Å². The van der Waals surface area contributed by atoms with Gasteiger partial charge in [-0.05, 0) is 24.4 Å². The quantitative estimate of drug-likeness (QED) is 0.0871. The molecule has 5 nitrogen and oxygen atoms in total. The van der Waals surface area contributed by atoms with E-state index in [0.29, 0.717) is 17.8 Å². The van der Waals surface area contributed by atoms with E-state index in [9.17, 15) is 18.9 Å². The van der Waals surface area contributed by atoms with E-state index >= 15 is 0 Å². The second kappa shape index (κ2) is 62.2. The SMILES string of the molecule is CC[C-]=CCC[C-]=CCC[CH-]C1C([CH-]CCC=[C-]CC)CCC2(C)C(COP(=O)([O-])CP(C)(=O)[O-])C12.[Y].[Y].[Y].[Y].[Y].[Y].[Y].[Y].[Y].[Y].[Y].[Y].[Y].[Y].[Y]. The topological polar surface area (TPSA) is 89.5 Å². The van der Waals surface area contributed by atoms with Gasteiger partial charge in [0.15, 0.2) is 0 Å². The van der Waals surface area contributed by atoms with Crippen molar-refractivity contribution < 1.29 is 514 Å². The van der Waals surface area contributed by atoms with E-state index in [1.165, 1.54) is 0 Å². The first kappa shape index (κ1) is 104. The van der Waals surface area contributed by atoms with Gasteiger partial charge in [-0.2, -0.15) is 43.9 Å². The van der Waals surface area contributed by atoms with Crippen molar-refractivity contribution >= 4 is 15.0 Å². The molecule has 2 saturated carbocycles. The maximum Gasteiger partial charge on any atom is 0.141 e. The summed E-state index contributed by atoms with van der Waals surface area (Å²) in [5.41, 5.74) is 0.0544. The number of rotatable bonds is 18. The molecular weight excluding hydrogens is 1820 g/mol. The number of hydrogen-bond acceptors (Lipinski definition) is 5. The predicted octanol–water partition coefficient (Wildman–Crippen LogP) is 6.67. The number of unbranched alkanes of at least 4 members (excludes halogenated alkanes) is 3. The fourth-order valence-electron chi connectivity index (χ4n) is 5.75. The maximum absolute atomic E-state index is 12.2. The number of fused-ring (bicyclic) bond motifs is 1. The summed E-state index contributed by atoms with van der Waals surface area (Å²) in [4.78, 5) is 23.7. The van der Waals surface area contributed by atoms with Crippen LogP contribution >= 0.6 is 15.0 Å². The first-order valence-corrected chi connectivity index (χ1v) is 17.6. The van der Waals surface area contributed by atoms with E-state index in [4.69, 9.17) is 4.52 Å². The summed E-state index contributed by atoms with van der Waals surface area (Å²) in [6.45, 7) is 7.45. The fourth-order valence-corrected chi connectivity index (χ4v) is 8.98. The number of hydrogen-bond donors (Lipinski definition) is 0. The standard InChI is InChI=1S/C29H47O5P2.15Y/c1-5-7-9-11-12-13-14-16-18-20-26-25(19-17-15-10-8-6-2)21-22-29(3)27(28(26)29)23-34-36(32,33)24-35(4,30)31;;;;;;;;;;;;;;;/h9-10,14,19-20,25-28H,5-6,11-12,15-18,21-24H2,1-4H3,(H,30,31)(H,32,33);;;;;;;;;;;;;;;/q-5;;;;;;;;;;;;;;;/p-2. The second-order valence-corrected chi connectivity index (χ2v) is 15.2. The smallest absolute Gasteiger partial charge is 0.141 e. The zero-order valence-electron chi connectivity index (χ0n) is 31.3. The molecule has 0 amide bonds. The molecule has 253 valence electrons. The fraction of sp³-hybridized carbons (Fsp3) is 0.724. The van der Waals surface area contributed by atoms with Gasteiger partial charge in [0.2, 0.25) is 0 Å². The molecule has 2 fully saturated rings. The molecule has 0 saturated heterocycles. The summed E-state index contributed by atoms with van der Waals surface area (Å²) in [6, 6.07) is 0. The molecule has 0 bridgehead atoms. The molecular formula is C29H45O5P2Y15-7. The molecule has 0 N–H and O–H groups in total. The third kappa shape index (κ3) is 49.5. The van der Waals surface area contributed by atoms with Crippen molar-refractivity contribution in [3.05, 3.63) is 49.3 Å². The molecule has 7 unspecified atom stereocenters. The van der Waals surface area contributed by atoms with E-state index in [-0.39, 0.29) is 509 Å². The van der Waals surface area contributed by atoms with Crippen molar-refractivity contribution in [2.75, 3.05) is 19.2 Å². The Morgan fingerprint density at radius 1 is 0.725 bits per heavy atom. The first-order chi connectivity index (χ1) is 17.0. The predicted molar refractivity (Wildman–Crippen MR) is 144 cm³/mol. The molecule has 22 heteroatoms. The van der Waals surface area contributed by atoms with Crippen LogP contribution in [0.2, 0.25) is 0 Å². The van der Waals surface area contributed by atoms with Crippen LogP contribution in [0.25, 0.3) is 0 Å². The van der Waals surface area contributed by atoms with Gasteiger partial charge in [-0.15, -0.1) is 0 Å². The molecule has 2 aliphatic carbocycles. The third-order valence-corrected chi connectivity index (χ3v) is 11.5. The average Bonchev–Trinajstić information content (AvgIpc) is 3.40. The first-order valence-electron chi connectivity index (χ1n) is 13.6. The third-order valence-electron chi connectivity index (χ3n) is 7.54. The van der Waals surface area contributed by atoms with E-state index in [1.54, 1.807) is 0 Å². The Balaban J connectivity index is -0.0000000761. The molecule has 7 atom stereocenters. The van der Waals surface area contributed by atoms with Crippen molar-refractivity contribution in [2.24, 2.45) is 29.1 Å². The molecule has 0 heterocycles. The normalized spacial score (nSPS) is 22.3. The molecule has 0 aromatic carbocycles. The van der Waals surface area contributed by atoms with E-state index in [0.717, 1.165) is 70.9 Å². The summed E-state index contributed by atoms with van der Waals surface area (Å²) < 4.78 is 29.0. The minimum Gasteiger partial charge on any atom is -0.799 e. The Labute approximate surface area is 691 Å². The molecule has 2 rings (SSSR count). The van der Waals surface area contributed by atoms with Gasteiger partial charge in [-0.1, -0.05) is 52.4 Å². The van der Waals surface area contributed by atoms with Crippen LogP contribution in [0.1, 0.15) is 85.0 Å². The summed E-state index contributed by atoms with van der Waals surface area (Å²) >= 11 is 0. The van der Waals surface area contributed by atoms with Gasteiger partial charge < -0.3 is 54.5 Å². The molecule has 0 aromatic heterocycles. The van der Waals surface area contributed by atoms with Crippen molar-refractivity contribution in [1.29, 1.82) is 0 Å². The Morgan fingerprint density at radius 3 is 1.61 bits per heavy atom. The zero-order chi connectivity index (χ0) is 26.7. The van der Waals surface area contributed by atoms with Gasteiger partial charge in [0, 0.05) is 498 Å². The molecule has 0 spiro atoms. The van der Waals surface area contributed by atoms with Crippen LogP contribution in [-0.2, 0) is 504 Å². The molecule has 2 aliphatic rings. The van der Waals surface area contributed by atoms with Gasteiger partial charge in [0.1, 0.15) is 7.60 Å². The van der Waals surface area contributed by atoms with Crippen LogP contribution in [0.3, 0.4) is 0 Å². The Morgan fingerprint density at radius 2 is 1.16 bits per heavy atom. The molecule has 15 radical (unpaired) electrons. The molecule has 0 aliphatic heterocycles. The summed E-state index contributed by atoms with van der Waals surface area (Å²) in [6.07, 6.45) is 30.9. The monoisotopic (exact) mass is 1870 g/mol. The van der Waals surface area contributed by atoms with Gasteiger partial charge in [-0.3, -0.25) is 18.2 Å². The Kier molecular flexibility index (Phi) is 127. The van der Waals surface area contributed by atoms with Gasteiger partial charge >= 0.3 is 0 Å². The molecule has 0 aromatic rings. The maximum atomic E-state index is 12.2. The summed E-state index contributed by atoms with van der Waals surface area (Å²) in [5.74, 6) is 0.461. The van der Waals surface area contributed by atoms with Gasteiger partial charge in [0.25, 0.3) is 0 Å². The summed E-state index contributed by atoms with van der Waals surface area (Å²) in [7, 11) is -8.33. The van der Waals surface area contributed by atoms with Crippen LogP contribution in [0.5, 0.6) is 0 Å². The van der Waals surface area contributed by atoms with Gasteiger partial charge in [0.05, 0.1) is 12.5 Å². The second-order valence-electron chi connectivity index (χ2n) is 10.6. The Bertz CT molecular complexity index is 874. The van der Waals surface area contributed by atoms with Crippen molar-refractivity contribution in [2.45, 2.75) is 85.0 Å². The van der Waals surface area contributed by atoms with E-state index in [1.807, 2.05) is 0 Å². The van der Waals surface area contributed by atoms with Crippen LogP contribution in [0.15, 0.2) is 18.2 Å². The van der Waals surface area contributed by atoms with Gasteiger partial charge in [-0.25, -0.2) is 0 Å². The minimum absolute atomic E-state index is 0. The number of allylic oxidation sites excluding steroid dienone is 6. The van der Waals surface area contributed by atoms with E-state index < -0.39 is 20.9 Å². The minimum atomic E-state index is -4.39. The van der Waals surface area contributed by atoms with Crippen molar-refractivity contribution in [3.8, 4) is 0 Å². The van der Waals surface area contributed by atoms with Crippen LogP contribution in [0, 0.1) is 60.2 Å². The largest absolute Gasteiger partial charge is 0.799 e. The van der Waals surface area contributed by atoms with Crippen LogP contribution in [-0.4, -0.2) is 19.2 Å². The summed E-state index contributed by atoms with van der Waals surface area (Å²) in [5, 5.41) is 0. The van der Waals surface area contributed by atoms with Crippen LogP contribution in [0.4, 0.5) is 0 Å². The van der Waals surface area contributed by atoms with Crippen LogP contribution < -0.4 is 9.79 Å².